The van der Waals surface area contributed by atoms with Crippen molar-refractivity contribution in [2.75, 3.05) is 27.2 Å². The fraction of sp³-hybridized carbons (Fsp3) is 0.769. The summed E-state index contributed by atoms with van der Waals surface area (Å²) in [6.45, 7) is 7.35. The second kappa shape index (κ2) is 7.92. The first kappa shape index (κ1) is 15.7. The first-order valence-corrected chi connectivity index (χ1v) is 7.48. The van der Waals surface area contributed by atoms with Crippen LogP contribution in [0.25, 0.3) is 0 Å². The summed E-state index contributed by atoms with van der Waals surface area (Å²) in [4.78, 5) is 2.21. The van der Waals surface area contributed by atoms with Crippen LogP contribution in [0.15, 0.2) is 10.7 Å². The van der Waals surface area contributed by atoms with Crippen LogP contribution in [-0.2, 0) is 6.54 Å². The van der Waals surface area contributed by atoms with E-state index in [0.717, 1.165) is 36.9 Å². The maximum absolute atomic E-state index is 4.45. The molecule has 0 fully saturated rings. The molecule has 1 heterocycles. The molecule has 18 heavy (non-hydrogen) atoms. The van der Waals surface area contributed by atoms with Crippen molar-refractivity contribution in [3.63, 3.8) is 0 Å². The maximum Gasteiger partial charge on any atom is 0.0708 e. The Labute approximate surface area is 119 Å². The third-order valence-corrected chi connectivity index (χ3v) is 3.40. The van der Waals surface area contributed by atoms with Crippen LogP contribution in [0.4, 0.5) is 0 Å². The molecule has 1 rings (SSSR count). The molecule has 5 heteroatoms. The predicted octanol–water partition coefficient (Wildman–Crippen LogP) is 2.66. The van der Waals surface area contributed by atoms with E-state index in [0.29, 0.717) is 6.04 Å². The van der Waals surface area contributed by atoms with Gasteiger partial charge in [-0.2, -0.15) is 5.10 Å². The Hall–Kier alpha value is -0.390. The molecule has 0 saturated heterocycles. The number of rotatable bonds is 8. The lowest BCUT2D eigenvalue weighted by Crippen LogP contribution is -2.33. The van der Waals surface area contributed by atoms with Gasteiger partial charge in [0, 0.05) is 13.1 Å². The van der Waals surface area contributed by atoms with Gasteiger partial charge in [-0.05, 0) is 49.4 Å². The van der Waals surface area contributed by atoms with Crippen molar-refractivity contribution in [3.8, 4) is 0 Å². The van der Waals surface area contributed by atoms with E-state index < -0.39 is 0 Å². The van der Waals surface area contributed by atoms with Gasteiger partial charge in [0.25, 0.3) is 0 Å². The molecule has 0 radical (unpaired) electrons. The molecule has 0 spiro atoms. The van der Waals surface area contributed by atoms with E-state index in [1.165, 1.54) is 5.69 Å². The van der Waals surface area contributed by atoms with E-state index >= 15 is 0 Å². The van der Waals surface area contributed by atoms with Crippen LogP contribution in [-0.4, -0.2) is 41.9 Å². The normalized spacial score (nSPS) is 13.2. The summed E-state index contributed by atoms with van der Waals surface area (Å²) in [7, 11) is 4.21. The minimum atomic E-state index is 0.323. The van der Waals surface area contributed by atoms with E-state index in [4.69, 9.17) is 0 Å². The second-order valence-electron chi connectivity index (χ2n) is 4.87. The third kappa shape index (κ3) is 4.37. The van der Waals surface area contributed by atoms with Crippen LogP contribution >= 0.6 is 15.9 Å². The van der Waals surface area contributed by atoms with Gasteiger partial charge in [0.1, 0.15) is 0 Å². The van der Waals surface area contributed by atoms with Crippen molar-refractivity contribution in [1.82, 2.24) is 20.0 Å². The van der Waals surface area contributed by atoms with Crippen molar-refractivity contribution in [2.45, 2.75) is 39.3 Å². The lowest BCUT2D eigenvalue weighted by Gasteiger charge is -2.24. The number of nitrogens with one attached hydrogen (secondary N) is 1. The molecular formula is C13H25BrN4. The molecule has 1 atom stereocenters. The SMILES string of the molecule is CCCNC(CN(C)C)c1c(Br)cnn1CCC. The minimum Gasteiger partial charge on any atom is -0.308 e. The van der Waals surface area contributed by atoms with Crippen molar-refractivity contribution >= 4 is 15.9 Å². The number of hydrogen-bond donors (Lipinski definition) is 1. The van der Waals surface area contributed by atoms with Crippen LogP contribution in [0, 0.1) is 0 Å². The Morgan fingerprint density at radius 2 is 2.11 bits per heavy atom. The van der Waals surface area contributed by atoms with Gasteiger partial charge in [-0.3, -0.25) is 4.68 Å². The zero-order valence-electron chi connectivity index (χ0n) is 11.9. The molecule has 104 valence electrons. The topological polar surface area (TPSA) is 33.1 Å². The highest BCUT2D eigenvalue weighted by molar-refractivity contribution is 9.10. The summed E-state index contributed by atoms with van der Waals surface area (Å²) in [5.74, 6) is 0. The van der Waals surface area contributed by atoms with E-state index in [9.17, 15) is 0 Å². The quantitative estimate of drug-likeness (QED) is 0.800. The van der Waals surface area contributed by atoms with Gasteiger partial charge in [-0.25, -0.2) is 0 Å². The molecular weight excluding hydrogens is 292 g/mol. The fourth-order valence-corrected chi connectivity index (χ4v) is 2.61. The number of halogens is 1. The Balaban J connectivity index is 2.91. The van der Waals surface area contributed by atoms with E-state index in [2.05, 4.69) is 63.9 Å². The minimum absolute atomic E-state index is 0.323. The predicted molar refractivity (Wildman–Crippen MR) is 79.8 cm³/mol. The van der Waals surface area contributed by atoms with Crippen LogP contribution in [0.1, 0.15) is 38.4 Å². The van der Waals surface area contributed by atoms with Gasteiger partial charge in [0.2, 0.25) is 0 Å². The van der Waals surface area contributed by atoms with E-state index in [1.807, 2.05) is 6.20 Å². The van der Waals surface area contributed by atoms with Gasteiger partial charge in [0.05, 0.1) is 22.4 Å². The summed E-state index contributed by atoms with van der Waals surface area (Å²) in [6, 6.07) is 0.323. The van der Waals surface area contributed by atoms with Crippen molar-refractivity contribution < 1.29 is 0 Å². The summed E-state index contributed by atoms with van der Waals surface area (Å²) in [5, 5.41) is 8.06. The number of likely N-dealkylation sites (N-methyl/N-ethyl adjacent to an activating group) is 1. The molecule has 1 aromatic heterocycles. The first-order valence-electron chi connectivity index (χ1n) is 6.69. The summed E-state index contributed by atoms with van der Waals surface area (Å²) >= 11 is 3.63. The smallest absolute Gasteiger partial charge is 0.0708 e. The Morgan fingerprint density at radius 1 is 1.39 bits per heavy atom. The molecule has 0 aliphatic rings. The van der Waals surface area contributed by atoms with E-state index in [1.54, 1.807) is 0 Å². The van der Waals surface area contributed by atoms with Crippen molar-refractivity contribution in [2.24, 2.45) is 0 Å². The third-order valence-electron chi connectivity index (χ3n) is 2.79. The summed E-state index contributed by atoms with van der Waals surface area (Å²) < 4.78 is 3.22. The zero-order chi connectivity index (χ0) is 13.5. The highest BCUT2D eigenvalue weighted by atomic mass is 79.9. The van der Waals surface area contributed by atoms with Gasteiger partial charge in [0.15, 0.2) is 0 Å². The standard InChI is InChI=1S/C13H25BrN4/c1-5-7-15-12(10-17(3)4)13-11(14)9-16-18(13)8-6-2/h9,12,15H,5-8,10H2,1-4H3. The summed E-state index contributed by atoms with van der Waals surface area (Å²) in [6.07, 6.45) is 4.15. The van der Waals surface area contributed by atoms with Crippen LogP contribution < -0.4 is 5.32 Å². The van der Waals surface area contributed by atoms with Crippen LogP contribution in [0.2, 0.25) is 0 Å². The highest BCUT2D eigenvalue weighted by Gasteiger charge is 2.19. The molecule has 0 aliphatic carbocycles. The average Bonchev–Trinajstić information content (AvgIpc) is 2.66. The molecule has 0 aliphatic heterocycles. The fourth-order valence-electron chi connectivity index (χ4n) is 2.04. The molecule has 1 unspecified atom stereocenters. The zero-order valence-corrected chi connectivity index (χ0v) is 13.5. The van der Waals surface area contributed by atoms with Gasteiger partial charge >= 0.3 is 0 Å². The molecule has 0 saturated carbocycles. The lowest BCUT2D eigenvalue weighted by atomic mass is 10.2. The first-order chi connectivity index (χ1) is 8.60. The van der Waals surface area contributed by atoms with Gasteiger partial charge in [-0.1, -0.05) is 13.8 Å². The summed E-state index contributed by atoms with van der Waals surface area (Å²) in [5.41, 5.74) is 1.26. The largest absolute Gasteiger partial charge is 0.308 e. The Bertz CT molecular complexity index is 349. The number of aryl methyl sites for hydroxylation is 1. The molecule has 0 bridgehead atoms. The molecule has 0 aromatic carbocycles. The van der Waals surface area contributed by atoms with Crippen LogP contribution in [0.5, 0.6) is 0 Å². The molecule has 4 nitrogen and oxygen atoms in total. The Kier molecular flexibility index (Phi) is 6.89. The number of hydrogen-bond acceptors (Lipinski definition) is 3. The number of aromatic nitrogens is 2. The Morgan fingerprint density at radius 3 is 2.67 bits per heavy atom. The highest BCUT2D eigenvalue weighted by Crippen LogP contribution is 2.24. The van der Waals surface area contributed by atoms with E-state index in [-0.39, 0.29) is 0 Å². The number of nitrogens with zero attached hydrogens (tertiary/aromatic N) is 3. The maximum atomic E-state index is 4.45. The lowest BCUT2D eigenvalue weighted by molar-refractivity contribution is 0.328. The van der Waals surface area contributed by atoms with Gasteiger partial charge in [-0.15, -0.1) is 0 Å². The van der Waals surface area contributed by atoms with Crippen molar-refractivity contribution in [1.29, 1.82) is 0 Å². The molecule has 0 amide bonds. The molecule has 1 N–H and O–H groups in total. The van der Waals surface area contributed by atoms with Crippen molar-refractivity contribution in [3.05, 3.63) is 16.4 Å². The van der Waals surface area contributed by atoms with Crippen LogP contribution in [0.3, 0.4) is 0 Å². The molecule has 1 aromatic rings. The van der Waals surface area contributed by atoms with Gasteiger partial charge < -0.3 is 10.2 Å². The average molecular weight is 317 g/mol. The second-order valence-corrected chi connectivity index (χ2v) is 5.72. The monoisotopic (exact) mass is 316 g/mol.